The van der Waals surface area contributed by atoms with Crippen molar-refractivity contribution < 1.29 is 9.13 Å². The van der Waals surface area contributed by atoms with Gasteiger partial charge in [-0.3, -0.25) is 9.97 Å². The molecule has 0 bridgehead atoms. The first kappa shape index (κ1) is 16.1. The number of rotatable bonds is 5. The van der Waals surface area contributed by atoms with Crippen molar-refractivity contribution in [2.24, 2.45) is 0 Å². The van der Waals surface area contributed by atoms with E-state index in [4.69, 9.17) is 0 Å². The molecule has 0 radical (unpaired) electrons. The van der Waals surface area contributed by atoms with Crippen LogP contribution in [0.4, 0.5) is 0 Å². The zero-order chi connectivity index (χ0) is 17.6. The Morgan fingerprint density at radius 2 is 0.962 bits per heavy atom. The molecule has 0 saturated heterocycles. The molecule has 0 aromatic carbocycles. The predicted molar refractivity (Wildman–Crippen MR) is 98.9 cm³/mol. The molecule has 0 fully saturated rings. The Morgan fingerprint density at radius 3 is 1.31 bits per heavy atom. The van der Waals surface area contributed by atoms with Crippen LogP contribution in [0.3, 0.4) is 0 Å². The van der Waals surface area contributed by atoms with Gasteiger partial charge in [0.15, 0.2) is 37.9 Å². The van der Waals surface area contributed by atoms with Crippen molar-refractivity contribution >= 4 is 0 Å². The summed E-state index contributed by atoms with van der Waals surface area (Å²) < 4.78 is 4.26. The van der Waals surface area contributed by atoms with E-state index < -0.39 is 0 Å². The Bertz CT molecular complexity index is 867. The summed E-state index contributed by atoms with van der Waals surface area (Å²) in [6, 6.07) is 20.4. The number of nitrogens with zero attached hydrogens (tertiary/aromatic N) is 4. The van der Waals surface area contributed by atoms with Crippen molar-refractivity contribution in [2.75, 3.05) is 0 Å². The summed E-state index contributed by atoms with van der Waals surface area (Å²) in [5.41, 5.74) is 4.13. The molecule has 0 atom stereocenters. The third-order valence-corrected chi connectivity index (χ3v) is 4.20. The van der Waals surface area contributed by atoms with Crippen molar-refractivity contribution in [3.63, 3.8) is 0 Å². The maximum atomic E-state index is 4.58. The third kappa shape index (κ3) is 3.98. The minimum absolute atomic E-state index is 0.814. The quantitative estimate of drug-likeness (QED) is 0.524. The van der Waals surface area contributed by atoms with Gasteiger partial charge in [0.05, 0.1) is 11.4 Å². The van der Waals surface area contributed by atoms with Gasteiger partial charge in [0.25, 0.3) is 0 Å². The van der Waals surface area contributed by atoms with Gasteiger partial charge in [-0.15, -0.1) is 0 Å². The molecular formula is C22H20N4+2. The lowest BCUT2D eigenvalue weighted by Crippen LogP contribution is -2.32. The van der Waals surface area contributed by atoms with Crippen molar-refractivity contribution in [3.8, 4) is 11.4 Å². The lowest BCUT2D eigenvalue weighted by molar-refractivity contribution is -0.688. The predicted octanol–water partition coefficient (Wildman–Crippen LogP) is 2.82. The molecule has 0 spiro atoms. The molecule has 0 aliphatic rings. The molecule has 0 N–H and O–H groups in total. The fraction of sp³-hybridized carbons (Fsp3) is 0.0909. The van der Waals surface area contributed by atoms with E-state index in [9.17, 15) is 0 Å². The molecule has 126 valence electrons. The van der Waals surface area contributed by atoms with E-state index >= 15 is 0 Å². The van der Waals surface area contributed by atoms with Gasteiger partial charge in [0, 0.05) is 47.8 Å². The van der Waals surface area contributed by atoms with E-state index in [2.05, 4.69) is 56.0 Å². The van der Waals surface area contributed by atoms with Gasteiger partial charge in [0.1, 0.15) is 0 Å². The smallest absolute Gasteiger partial charge is 0.175 e. The first-order valence-electron chi connectivity index (χ1n) is 8.65. The second-order valence-corrected chi connectivity index (χ2v) is 6.20. The maximum absolute atomic E-state index is 4.58. The number of pyridine rings is 4. The Hall–Kier alpha value is -3.40. The largest absolute Gasteiger partial charge is 0.254 e. The summed E-state index contributed by atoms with van der Waals surface area (Å²) in [4.78, 5) is 9.16. The van der Waals surface area contributed by atoms with E-state index in [1.807, 2.05) is 60.9 Å². The second kappa shape index (κ2) is 7.66. The van der Waals surface area contributed by atoms with E-state index in [1.165, 1.54) is 11.1 Å². The van der Waals surface area contributed by atoms with Crippen molar-refractivity contribution in [3.05, 3.63) is 109 Å². The zero-order valence-electron chi connectivity index (χ0n) is 14.4. The Balaban J connectivity index is 1.45. The summed E-state index contributed by atoms with van der Waals surface area (Å²) >= 11 is 0. The molecule has 4 heteroatoms. The summed E-state index contributed by atoms with van der Waals surface area (Å²) in [5.74, 6) is 0. The van der Waals surface area contributed by atoms with Crippen molar-refractivity contribution in [1.82, 2.24) is 9.97 Å². The van der Waals surface area contributed by atoms with Crippen molar-refractivity contribution in [1.29, 1.82) is 0 Å². The van der Waals surface area contributed by atoms with Gasteiger partial charge < -0.3 is 0 Å². The number of hydrogen-bond donors (Lipinski definition) is 0. The Morgan fingerprint density at radius 1 is 0.538 bits per heavy atom. The Labute approximate surface area is 153 Å². The van der Waals surface area contributed by atoms with E-state index in [0.29, 0.717) is 0 Å². The van der Waals surface area contributed by atoms with Crippen LogP contribution in [0.15, 0.2) is 97.8 Å². The van der Waals surface area contributed by atoms with Crippen LogP contribution in [0.25, 0.3) is 11.4 Å². The molecule has 0 amide bonds. The summed E-state index contributed by atoms with van der Waals surface area (Å²) in [5, 5.41) is 0. The SMILES string of the molecule is c1cc[n+](Cc2ccc(-c3ccc(C[n+]4ccccc4)cn3)nc2)cc1. The van der Waals surface area contributed by atoms with Gasteiger partial charge in [-0.2, -0.15) is 0 Å². The number of hydrogen-bond acceptors (Lipinski definition) is 2. The molecule has 0 unspecified atom stereocenters. The summed E-state index contributed by atoms with van der Waals surface area (Å²) in [6.45, 7) is 1.63. The fourth-order valence-electron chi connectivity index (χ4n) is 2.84. The average Bonchev–Trinajstić information content (AvgIpc) is 2.71. The second-order valence-electron chi connectivity index (χ2n) is 6.20. The molecule has 26 heavy (non-hydrogen) atoms. The maximum Gasteiger partial charge on any atom is 0.175 e. The van der Waals surface area contributed by atoms with Gasteiger partial charge in [-0.25, -0.2) is 9.13 Å². The molecule has 4 aromatic heterocycles. The highest BCUT2D eigenvalue weighted by Crippen LogP contribution is 2.14. The van der Waals surface area contributed by atoms with Crippen LogP contribution in [0.5, 0.6) is 0 Å². The topological polar surface area (TPSA) is 33.5 Å². The fourth-order valence-corrected chi connectivity index (χ4v) is 2.84. The first-order chi connectivity index (χ1) is 12.9. The monoisotopic (exact) mass is 340 g/mol. The highest BCUT2D eigenvalue weighted by molar-refractivity contribution is 5.53. The minimum atomic E-state index is 0.814. The number of aromatic nitrogens is 4. The minimum Gasteiger partial charge on any atom is -0.254 e. The van der Waals surface area contributed by atoms with Crippen LogP contribution in [-0.4, -0.2) is 9.97 Å². The van der Waals surface area contributed by atoms with E-state index in [0.717, 1.165) is 24.5 Å². The van der Waals surface area contributed by atoms with Crippen LogP contribution in [0.2, 0.25) is 0 Å². The van der Waals surface area contributed by atoms with Gasteiger partial charge in [-0.05, 0) is 24.3 Å². The normalized spacial score (nSPS) is 10.6. The standard InChI is InChI=1S/C22H20N4/c1-3-11-25(12-4-1)17-19-7-9-21(23-15-19)22-10-8-20(16-24-22)18-26-13-5-2-6-14-26/h1-16H,17-18H2/q+2. The Kier molecular flexibility index (Phi) is 4.74. The molecule has 4 rings (SSSR count). The highest BCUT2D eigenvalue weighted by Gasteiger charge is 2.06. The third-order valence-electron chi connectivity index (χ3n) is 4.20. The van der Waals surface area contributed by atoms with Crippen molar-refractivity contribution in [2.45, 2.75) is 13.1 Å². The molecule has 0 saturated carbocycles. The molecule has 4 aromatic rings. The van der Waals surface area contributed by atoms with E-state index in [-0.39, 0.29) is 0 Å². The molecule has 0 aliphatic heterocycles. The van der Waals surface area contributed by atoms with Gasteiger partial charge >= 0.3 is 0 Å². The van der Waals surface area contributed by atoms with Gasteiger partial charge in [0.2, 0.25) is 0 Å². The van der Waals surface area contributed by atoms with Crippen LogP contribution >= 0.6 is 0 Å². The lowest BCUT2D eigenvalue weighted by Gasteiger charge is -2.03. The highest BCUT2D eigenvalue weighted by atomic mass is 14.9. The lowest BCUT2D eigenvalue weighted by atomic mass is 10.2. The van der Waals surface area contributed by atoms with Crippen LogP contribution in [0.1, 0.15) is 11.1 Å². The summed E-state index contributed by atoms with van der Waals surface area (Å²) in [6.07, 6.45) is 12.1. The molecule has 4 nitrogen and oxygen atoms in total. The average molecular weight is 340 g/mol. The molecule has 4 heterocycles. The first-order valence-corrected chi connectivity index (χ1v) is 8.65. The zero-order valence-corrected chi connectivity index (χ0v) is 14.4. The molecule has 0 aliphatic carbocycles. The van der Waals surface area contributed by atoms with Crippen LogP contribution in [-0.2, 0) is 13.1 Å². The van der Waals surface area contributed by atoms with Crippen LogP contribution in [0, 0.1) is 0 Å². The summed E-state index contributed by atoms with van der Waals surface area (Å²) in [7, 11) is 0. The van der Waals surface area contributed by atoms with E-state index in [1.54, 1.807) is 0 Å². The van der Waals surface area contributed by atoms with Crippen LogP contribution < -0.4 is 9.13 Å². The molecular weight excluding hydrogens is 320 g/mol. The van der Waals surface area contributed by atoms with Gasteiger partial charge in [-0.1, -0.05) is 12.1 Å².